The number of nitro benzene ring substituents is 1. The number of nitrogens with one attached hydrogen (secondary N) is 2. The second kappa shape index (κ2) is 8.22. The van der Waals surface area contributed by atoms with Gasteiger partial charge in [-0.25, -0.2) is 9.07 Å². The van der Waals surface area contributed by atoms with Gasteiger partial charge in [0.15, 0.2) is 0 Å². The Hall–Kier alpha value is -4.08. The number of carbonyl (C=O) groups excluding carboxylic acids is 2. The third-order valence-corrected chi connectivity index (χ3v) is 5.37. The Morgan fingerprint density at radius 1 is 1.28 bits per heavy atom. The highest BCUT2D eigenvalue weighted by molar-refractivity contribution is 6.04. The lowest BCUT2D eigenvalue weighted by molar-refractivity contribution is -0.384. The third kappa shape index (κ3) is 3.82. The van der Waals surface area contributed by atoms with Gasteiger partial charge in [-0.15, -0.1) is 0 Å². The molecule has 0 bridgehead atoms. The largest absolute Gasteiger partial charge is 0.326 e. The number of aryl methyl sites for hydroxylation is 2. The zero-order valence-corrected chi connectivity index (χ0v) is 17.4. The molecule has 0 saturated heterocycles. The van der Waals surface area contributed by atoms with E-state index in [0.717, 1.165) is 0 Å². The van der Waals surface area contributed by atoms with Gasteiger partial charge in [-0.2, -0.15) is 5.10 Å². The fourth-order valence-electron chi connectivity index (χ4n) is 3.72. The lowest BCUT2D eigenvalue weighted by Gasteiger charge is -2.11. The third-order valence-electron chi connectivity index (χ3n) is 5.37. The SMILES string of the molecule is CCc1nn2c(c1-c1ccc(F)cc1)NC(=O)C2CC(=O)Nc1cc([N+](=O)[O-])ccc1C. The molecular weight excluding hydrogens is 417 g/mol. The number of fused-ring (bicyclic) bond motifs is 1. The van der Waals surface area contributed by atoms with Gasteiger partial charge in [-0.05, 0) is 36.6 Å². The number of benzene rings is 2. The van der Waals surface area contributed by atoms with Crippen LogP contribution < -0.4 is 10.6 Å². The first-order chi connectivity index (χ1) is 15.3. The van der Waals surface area contributed by atoms with Crippen molar-refractivity contribution >= 4 is 29.0 Å². The summed E-state index contributed by atoms with van der Waals surface area (Å²) in [6.07, 6.45) is 0.378. The number of nitrogens with zero attached hydrogens (tertiary/aromatic N) is 3. The molecule has 0 aliphatic carbocycles. The van der Waals surface area contributed by atoms with Crippen molar-refractivity contribution in [2.75, 3.05) is 10.6 Å². The lowest BCUT2D eigenvalue weighted by Crippen LogP contribution is -2.24. The molecule has 10 heteroatoms. The predicted octanol–water partition coefficient (Wildman–Crippen LogP) is 3.99. The Balaban J connectivity index is 1.60. The maximum absolute atomic E-state index is 13.4. The number of halogens is 1. The van der Waals surface area contributed by atoms with Crippen LogP contribution in [0.5, 0.6) is 0 Å². The number of nitro groups is 1. The highest BCUT2D eigenvalue weighted by Crippen LogP contribution is 2.39. The fraction of sp³-hybridized carbons (Fsp3) is 0.227. The first-order valence-electron chi connectivity index (χ1n) is 10.0. The highest BCUT2D eigenvalue weighted by atomic mass is 19.1. The summed E-state index contributed by atoms with van der Waals surface area (Å²) in [6, 6.07) is 9.21. The summed E-state index contributed by atoms with van der Waals surface area (Å²) < 4.78 is 14.8. The van der Waals surface area contributed by atoms with Gasteiger partial charge in [0.1, 0.15) is 17.7 Å². The fourth-order valence-corrected chi connectivity index (χ4v) is 3.72. The van der Waals surface area contributed by atoms with Crippen LogP contribution in [-0.2, 0) is 16.0 Å². The van der Waals surface area contributed by atoms with Crippen molar-refractivity contribution < 1.29 is 18.9 Å². The van der Waals surface area contributed by atoms with Crippen LogP contribution in [-0.4, -0.2) is 26.5 Å². The molecule has 0 saturated carbocycles. The van der Waals surface area contributed by atoms with E-state index in [-0.39, 0.29) is 23.8 Å². The van der Waals surface area contributed by atoms with Crippen LogP contribution in [0.1, 0.15) is 30.6 Å². The van der Waals surface area contributed by atoms with Gasteiger partial charge in [0.2, 0.25) is 5.91 Å². The van der Waals surface area contributed by atoms with E-state index in [1.165, 1.54) is 28.9 Å². The molecule has 0 fully saturated rings. The molecule has 1 atom stereocenters. The molecule has 0 spiro atoms. The number of anilines is 2. The van der Waals surface area contributed by atoms with Crippen LogP contribution >= 0.6 is 0 Å². The summed E-state index contributed by atoms with van der Waals surface area (Å²) >= 11 is 0. The summed E-state index contributed by atoms with van der Waals surface area (Å²) in [7, 11) is 0. The monoisotopic (exact) mass is 437 g/mol. The Labute approximate surface area is 182 Å². The molecule has 2 heterocycles. The van der Waals surface area contributed by atoms with E-state index in [9.17, 15) is 24.1 Å². The first kappa shape index (κ1) is 21.2. The lowest BCUT2D eigenvalue weighted by atomic mass is 10.0. The molecule has 2 aromatic carbocycles. The Morgan fingerprint density at radius 3 is 2.66 bits per heavy atom. The summed E-state index contributed by atoms with van der Waals surface area (Å²) in [5.74, 6) is -0.767. The standard InChI is InChI=1S/C22H20FN5O4/c1-3-16-20(13-5-7-14(23)8-6-13)21-25-22(30)18(27(21)26-16)11-19(29)24-17-10-15(28(31)32)9-4-12(17)2/h4-10,18H,3,11H2,1-2H3,(H,24,29)(H,25,30). The summed E-state index contributed by atoms with van der Waals surface area (Å²) in [5.41, 5.74) is 2.94. The van der Waals surface area contributed by atoms with Crippen molar-refractivity contribution in [1.29, 1.82) is 0 Å². The van der Waals surface area contributed by atoms with Gasteiger partial charge in [0.05, 0.1) is 22.7 Å². The summed E-state index contributed by atoms with van der Waals surface area (Å²) in [6.45, 7) is 3.63. The van der Waals surface area contributed by atoms with E-state index in [1.54, 1.807) is 25.1 Å². The average Bonchev–Trinajstić information content (AvgIpc) is 3.25. The zero-order valence-electron chi connectivity index (χ0n) is 17.4. The topological polar surface area (TPSA) is 119 Å². The Bertz CT molecular complexity index is 1240. The van der Waals surface area contributed by atoms with E-state index in [1.807, 2.05) is 6.92 Å². The zero-order chi connectivity index (χ0) is 23.0. The molecule has 3 aromatic rings. The molecule has 1 unspecified atom stereocenters. The van der Waals surface area contributed by atoms with Gasteiger partial charge in [-0.1, -0.05) is 25.1 Å². The first-order valence-corrected chi connectivity index (χ1v) is 10.0. The Morgan fingerprint density at radius 2 is 2.00 bits per heavy atom. The van der Waals surface area contributed by atoms with Crippen molar-refractivity contribution in [3.8, 4) is 11.1 Å². The normalized spacial score (nSPS) is 14.7. The molecule has 164 valence electrons. The molecule has 1 aliphatic rings. The van der Waals surface area contributed by atoms with Crippen molar-refractivity contribution in [2.24, 2.45) is 0 Å². The van der Waals surface area contributed by atoms with Crippen molar-refractivity contribution in [3.63, 3.8) is 0 Å². The molecule has 1 aromatic heterocycles. The van der Waals surface area contributed by atoms with Gasteiger partial charge >= 0.3 is 0 Å². The molecule has 2 N–H and O–H groups in total. The van der Waals surface area contributed by atoms with E-state index in [0.29, 0.717) is 40.3 Å². The van der Waals surface area contributed by atoms with E-state index >= 15 is 0 Å². The van der Waals surface area contributed by atoms with Gasteiger partial charge in [0.25, 0.3) is 11.6 Å². The molecule has 0 radical (unpaired) electrons. The number of hydrogen-bond acceptors (Lipinski definition) is 5. The summed E-state index contributed by atoms with van der Waals surface area (Å²) in [5, 5.41) is 21.0. The van der Waals surface area contributed by atoms with Crippen LogP contribution in [0.3, 0.4) is 0 Å². The molecular formula is C22H20FN5O4. The van der Waals surface area contributed by atoms with Gasteiger partial charge < -0.3 is 10.6 Å². The number of carbonyl (C=O) groups is 2. The molecule has 1 aliphatic heterocycles. The number of non-ortho nitro benzene ring substituents is 1. The quantitative estimate of drug-likeness (QED) is 0.446. The molecule has 2 amide bonds. The van der Waals surface area contributed by atoms with Crippen LogP contribution in [0.2, 0.25) is 0 Å². The average molecular weight is 437 g/mol. The van der Waals surface area contributed by atoms with Gasteiger partial charge in [-0.3, -0.25) is 19.7 Å². The van der Waals surface area contributed by atoms with Crippen LogP contribution in [0.15, 0.2) is 42.5 Å². The minimum Gasteiger partial charge on any atom is -0.326 e. The van der Waals surface area contributed by atoms with E-state index in [2.05, 4.69) is 15.7 Å². The van der Waals surface area contributed by atoms with Gasteiger partial charge in [0, 0.05) is 17.7 Å². The van der Waals surface area contributed by atoms with Crippen molar-refractivity contribution in [3.05, 3.63) is 69.7 Å². The van der Waals surface area contributed by atoms with Crippen LogP contribution in [0, 0.1) is 22.9 Å². The Kier molecular flexibility index (Phi) is 5.43. The molecule has 9 nitrogen and oxygen atoms in total. The van der Waals surface area contributed by atoms with Crippen LogP contribution in [0.4, 0.5) is 21.6 Å². The number of rotatable bonds is 6. The maximum Gasteiger partial charge on any atom is 0.271 e. The number of amides is 2. The second-order valence-electron chi connectivity index (χ2n) is 7.49. The summed E-state index contributed by atoms with van der Waals surface area (Å²) in [4.78, 5) is 35.8. The van der Waals surface area contributed by atoms with E-state index in [4.69, 9.17) is 0 Å². The predicted molar refractivity (Wildman–Crippen MR) is 116 cm³/mol. The molecule has 32 heavy (non-hydrogen) atoms. The van der Waals surface area contributed by atoms with E-state index < -0.39 is 16.9 Å². The van der Waals surface area contributed by atoms with Crippen molar-refractivity contribution in [2.45, 2.75) is 32.7 Å². The second-order valence-corrected chi connectivity index (χ2v) is 7.49. The smallest absolute Gasteiger partial charge is 0.271 e. The highest BCUT2D eigenvalue weighted by Gasteiger charge is 2.36. The minimum atomic E-state index is -0.872. The van der Waals surface area contributed by atoms with Crippen LogP contribution in [0.25, 0.3) is 11.1 Å². The molecule has 4 rings (SSSR count). The number of hydrogen-bond donors (Lipinski definition) is 2. The van der Waals surface area contributed by atoms with Crippen molar-refractivity contribution in [1.82, 2.24) is 9.78 Å². The number of aromatic nitrogens is 2. The minimum absolute atomic E-state index is 0.143. The maximum atomic E-state index is 13.4.